The van der Waals surface area contributed by atoms with Gasteiger partial charge in [0, 0.05) is 38.4 Å². The van der Waals surface area contributed by atoms with Crippen molar-refractivity contribution in [2.45, 2.75) is 20.0 Å². The Bertz CT molecular complexity index is 944. The average molecular weight is 389 g/mol. The number of nitrogens with zero attached hydrogens (tertiary/aromatic N) is 2. The zero-order chi connectivity index (χ0) is 20.1. The van der Waals surface area contributed by atoms with Gasteiger partial charge in [-0.05, 0) is 36.8 Å². The molecule has 0 saturated carbocycles. The molecule has 0 radical (unpaired) electrons. The first kappa shape index (κ1) is 19.3. The number of nitrogens with one attached hydrogen (secondary N) is 1. The van der Waals surface area contributed by atoms with Gasteiger partial charge in [0.25, 0.3) is 5.91 Å². The fourth-order valence-electron chi connectivity index (χ4n) is 3.70. The first-order valence-corrected chi connectivity index (χ1v) is 10.1. The Morgan fingerprint density at radius 1 is 0.966 bits per heavy atom. The second-order valence-corrected chi connectivity index (χ2v) is 7.54. The molecule has 2 aromatic carbocycles. The molecule has 1 aromatic heterocycles. The Morgan fingerprint density at radius 2 is 1.76 bits per heavy atom. The summed E-state index contributed by atoms with van der Waals surface area (Å²) in [6, 6.07) is 22.3. The molecule has 0 spiro atoms. The Kier molecular flexibility index (Phi) is 5.96. The monoisotopic (exact) mass is 389 g/mol. The molecule has 150 valence electrons. The predicted octanol–water partition coefficient (Wildman–Crippen LogP) is 3.84. The molecule has 0 atom stereocenters. The average Bonchev–Trinajstić information content (AvgIpc) is 3.22. The molecule has 2 heterocycles. The molecule has 0 aliphatic carbocycles. The summed E-state index contributed by atoms with van der Waals surface area (Å²) in [5, 5.41) is 2.93. The van der Waals surface area contributed by atoms with Crippen LogP contribution in [-0.4, -0.2) is 37.0 Å². The van der Waals surface area contributed by atoms with Crippen LogP contribution in [0.4, 0.5) is 5.69 Å². The van der Waals surface area contributed by atoms with Crippen molar-refractivity contribution in [3.63, 3.8) is 0 Å². The lowest BCUT2D eigenvalue weighted by Crippen LogP contribution is -2.45. The van der Waals surface area contributed by atoms with Crippen molar-refractivity contribution in [3.8, 4) is 0 Å². The third kappa shape index (κ3) is 5.06. The van der Waals surface area contributed by atoms with E-state index in [4.69, 9.17) is 4.42 Å². The predicted molar refractivity (Wildman–Crippen MR) is 115 cm³/mol. The standard InChI is InChI=1S/C24H27N3O2/c1-19-6-5-7-20(16-19)17-25-24(28)23-11-10-22(29-23)18-26-12-14-27(15-13-26)21-8-3-2-4-9-21/h2-11,16H,12-15,17-18H2,1H3,(H,25,28). The minimum Gasteiger partial charge on any atom is -0.455 e. The molecule has 0 bridgehead atoms. The smallest absolute Gasteiger partial charge is 0.287 e. The minimum absolute atomic E-state index is 0.174. The highest BCUT2D eigenvalue weighted by Crippen LogP contribution is 2.17. The van der Waals surface area contributed by atoms with Gasteiger partial charge in [-0.3, -0.25) is 9.69 Å². The molecule has 1 N–H and O–H groups in total. The zero-order valence-electron chi connectivity index (χ0n) is 16.8. The third-order valence-electron chi connectivity index (χ3n) is 5.29. The number of furan rings is 1. The van der Waals surface area contributed by atoms with Crippen LogP contribution in [0, 0.1) is 6.92 Å². The van der Waals surface area contributed by atoms with Crippen molar-refractivity contribution in [2.75, 3.05) is 31.1 Å². The molecule has 29 heavy (non-hydrogen) atoms. The van der Waals surface area contributed by atoms with Crippen molar-refractivity contribution < 1.29 is 9.21 Å². The quantitative estimate of drug-likeness (QED) is 0.696. The maximum Gasteiger partial charge on any atom is 0.287 e. The number of carbonyl (C=O) groups is 1. The molecule has 0 unspecified atom stereocenters. The SMILES string of the molecule is Cc1cccc(CNC(=O)c2ccc(CN3CCN(c4ccccc4)CC3)o2)c1. The van der Waals surface area contributed by atoms with E-state index in [1.807, 2.05) is 37.3 Å². The molecular formula is C24H27N3O2. The number of hydrogen-bond donors (Lipinski definition) is 1. The molecule has 1 fully saturated rings. The van der Waals surface area contributed by atoms with Gasteiger partial charge in [-0.2, -0.15) is 0 Å². The van der Waals surface area contributed by atoms with Crippen molar-refractivity contribution in [3.05, 3.63) is 89.4 Å². The second kappa shape index (κ2) is 8.97. The number of rotatable bonds is 6. The molecule has 5 heteroatoms. The van der Waals surface area contributed by atoms with Crippen LogP contribution in [0.5, 0.6) is 0 Å². The topological polar surface area (TPSA) is 48.7 Å². The summed E-state index contributed by atoms with van der Waals surface area (Å²) in [6.07, 6.45) is 0. The highest BCUT2D eigenvalue weighted by molar-refractivity contribution is 5.91. The van der Waals surface area contributed by atoms with Crippen LogP contribution in [-0.2, 0) is 13.1 Å². The summed E-state index contributed by atoms with van der Waals surface area (Å²) >= 11 is 0. The van der Waals surface area contributed by atoms with Gasteiger partial charge in [-0.25, -0.2) is 0 Å². The first-order chi connectivity index (χ1) is 14.2. The van der Waals surface area contributed by atoms with Gasteiger partial charge in [-0.15, -0.1) is 0 Å². The van der Waals surface area contributed by atoms with E-state index in [1.54, 1.807) is 6.07 Å². The number of piperazine rings is 1. The van der Waals surface area contributed by atoms with Gasteiger partial charge >= 0.3 is 0 Å². The molecule has 4 rings (SSSR count). The fraction of sp³-hybridized carbons (Fsp3) is 0.292. The largest absolute Gasteiger partial charge is 0.455 e. The highest BCUT2D eigenvalue weighted by atomic mass is 16.4. The molecular weight excluding hydrogens is 362 g/mol. The number of anilines is 1. The van der Waals surface area contributed by atoms with E-state index in [9.17, 15) is 4.79 Å². The van der Waals surface area contributed by atoms with Crippen molar-refractivity contribution >= 4 is 11.6 Å². The number of amides is 1. The normalized spacial score (nSPS) is 14.7. The minimum atomic E-state index is -0.174. The molecule has 1 amide bonds. The van der Waals surface area contributed by atoms with Gasteiger partial charge < -0.3 is 14.6 Å². The van der Waals surface area contributed by atoms with E-state index >= 15 is 0 Å². The van der Waals surface area contributed by atoms with Crippen LogP contribution in [0.3, 0.4) is 0 Å². The Morgan fingerprint density at radius 3 is 2.52 bits per heavy atom. The number of hydrogen-bond acceptors (Lipinski definition) is 4. The summed E-state index contributed by atoms with van der Waals surface area (Å²) in [6.45, 7) is 7.22. The first-order valence-electron chi connectivity index (χ1n) is 10.1. The summed E-state index contributed by atoms with van der Waals surface area (Å²) in [5.74, 6) is 1.03. The van der Waals surface area contributed by atoms with Crippen molar-refractivity contribution in [1.29, 1.82) is 0 Å². The van der Waals surface area contributed by atoms with Crippen LogP contribution < -0.4 is 10.2 Å². The molecule has 1 aliphatic heterocycles. The van der Waals surface area contributed by atoms with Crippen molar-refractivity contribution in [1.82, 2.24) is 10.2 Å². The van der Waals surface area contributed by atoms with Crippen LogP contribution in [0.2, 0.25) is 0 Å². The van der Waals surface area contributed by atoms with Crippen molar-refractivity contribution in [2.24, 2.45) is 0 Å². The molecule has 1 saturated heterocycles. The summed E-state index contributed by atoms with van der Waals surface area (Å²) < 4.78 is 5.80. The van der Waals surface area contributed by atoms with E-state index in [0.717, 1.165) is 44.0 Å². The van der Waals surface area contributed by atoms with Crippen LogP contribution >= 0.6 is 0 Å². The van der Waals surface area contributed by atoms with Gasteiger partial charge in [-0.1, -0.05) is 48.0 Å². The van der Waals surface area contributed by atoms with Crippen LogP contribution in [0.15, 0.2) is 71.1 Å². The second-order valence-electron chi connectivity index (χ2n) is 7.54. The number of aryl methyl sites for hydroxylation is 1. The van der Waals surface area contributed by atoms with Gasteiger partial charge in [0.05, 0.1) is 6.54 Å². The van der Waals surface area contributed by atoms with E-state index in [-0.39, 0.29) is 5.91 Å². The summed E-state index contributed by atoms with van der Waals surface area (Å²) in [5.41, 5.74) is 3.54. The fourth-order valence-corrected chi connectivity index (χ4v) is 3.70. The maximum absolute atomic E-state index is 12.4. The molecule has 3 aromatic rings. The van der Waals surface area contributed by atoms with Gasteiger partial charge in [0.15, 0.2) is 5.76 Å². The van der Waals surface area contributed by atoms with Crippen LogP contribution in [0.25, 0.3) is 0 Å². The Balaban J connectivity index is 1.26. The lowest BCUT2D eigenvalue weighted by Gasteiger charge is -2.35. The van der Waals surface area contributed by atoms with E-state index in [1.165, 1.54) is 11.3 Å². The number of carbonyl (C=O) groups excluding carboxylic acids is 1. The Labute approximate surface area is 171 Å². The third-order valence-corrected chi connectivity index (χ3v) is 5.29. The zero-order valence-corrected chi connectivity index (χ0v) is 16.8. The molecule has 1 aliphatic rings. The lowest BCUT2D eigenvalue weighted by molar-refractivity contribution is 0.0919. The van der Waals surface area contributed by atoms with Gasteiger partial charge in [0.1, 0.15) is 5.76 Å². The van der Waals surface area contributed by atoms with Gasteiger partial charge in [0.2, 0.25) is 0 Å². The summed E-state index contributed by atoms with van der Waals surface area (Å²) in [7, 11) is 0. The number of benzene rings is 2. The maximum atomic E-state index is 12.4. The van der Waals surface area contributed by atoms with E-state index in [0.29, 0.717) is 12.3 Å². The lowest BCUT2D eigenvalue weighted by atomic mass is 10.1. The molecule has 5 nitrogen and oxygen atoms in total. The van der Waals surface area contributed by atoms with E-state index < -0.39 is 0 Å². The summed E-state index contributed by atoms with van der Waals surface area (Å²) in [4.78, 5) is 17.2. The highest BCUT2D eigenvalue weighted by Gasteiger charge is 2.19. The van der Waals surface area contributed by atoms with E-state index in [2.05, 4.69) is 45.4 Å². The van der Waals surface area contributed by atoms with Crippen LogP contribution in [0.1, 0.15) is 27.4 Å². The Hall–Kier alpha value is -3.05. The number of para-hydroxylation sites is 1.